The standard InChI is InChI=1S/C12H12N2O4/c15-12(16)5-2-7-13-8-6-9-10(13)3-1-4-11(9)14(17)18/h1,3-4,6,8H,2,5,7H2,(H,15,16). The van der Waals surface area contributed by atoms with Gasteiger partial charge in [-0.05, 0) is 18.6 Å². The number of carbonyl (C=O) groups is 1. The minimum atomic E-state index is -0.836. The molecule has 0 radical (unpaired) electrons. The third-order valence-corrected chi connectivity index (χ3v) is 2.78. The number of rotatable bonds is 5. The maximum absolute atomic E-state index is 10.8. The lowest BCUT2D eigenvalue weighted by Crippen LogP contribution is -2.00. The van der Waals surface area contributed by atoms with E-state index in [1.165, 1.54) is 6.07 Å². The fourth-order valence-corrected chi connectivity index (χ4v) is 1.96. The summed E-state index contributed by atoms with van der Waals surface area (Å²) in [6.45, 7) is 0.539. The summed E-state index contributed by atoms with van der Waals surface area (Å²) >= 11 is 0. The van der Waals surface area contributed by atoms with Crippen LogP contribution in [0.15, 0.2) is 30.5 Å². The van der Waals surface area contributed by atoms with Crippen LogP contribution in [0.3, 0.4) is 0 Å². The van der Waals surface area contributed by atoms with E-state index in [1.807, 2.05) is 4.57 Å². The Labute approximate surface area is 103 Å². The van der Waals surface area contributed by atoms with E-state index in [0.717, 1.165) is 5.52 Å². The lowest BCUT2D eigenvalue weighted by Gasteiger charge is -2.03. The normalized spacial score (nSPS) is 10.7. The highest BCUT2D eigenvalue weighted by Crippen LogP contribution is 2.26. The number of aromatic nitrogens is 1. The molecule has 0 atom stereocenters. The molecule has 0 aliphatic carbocycles. The van der Waals surface area contributed by atoms with Gasteiger partial charge in [-0.1, -0.05) is 6.07 Å². The molecule has 1 heterocycles. The number of benzene rings is 1. The smallest absolute Gasteiger partial charge is 0.303 e. The number of aryl methyl sites for hydroxylation is 1. The Morgan fingerprint density at radius 1 is 1.39 bits per heavy atom. The first-order chi connectivity index (χ1) is 8.59. The van der Waals surface area contributed by atoms with Crippen molar-refractivity contribution in [3.8, 4) is 0 Å². The van der Waals surface area contributed by atoms with Crippen LogP contribution < -0.4 is 0 Å². The number of hydrogen-bond acceptors (Lipinski definition) is 3. The first-order valence-corrected chi connectivity index (χ1v) is 5.53. The second-order valence-electron chi connectivity index (χ2n) is 3.97. The molecule has 6 nitrogen and oxygen atoms in total. The first kappa shape index (κ1) is 12.1. The molecule has 18 heavy (non-hydrogen) atoms. The van der Waals surface area contributed by atoms with E-state index < -0.39 is 10.9 Å². The third-order valence-electron chi connectivity index (χ3n) is 2.78. The van der Waals surface area contributed by atoms with Gasteiger partial charge in [-0.2, -0.15) is 0 Å². The molecule has 0 amide bonds. The summed E-state index contributed by atoms with van der Waals surface area (Å²) in [4.78, 5) is 20.9. The summed E-state index contributed by atoms with van der Waals surface area (Å²) in [6.07, 6.45) is 2.34. The van der Waals surface area contributed by atoms with Gasteiger partial charge in [0, 0.05) is 25.2 Å². The molecule has 0 fully saturated rings. The van der Waals surface area contributed by atoms with Crippen molar-refractivity contribution < 1.29 is 14.8 Å². The molecule has 0 spiro atoms. The number of carboxylic acid groups (broad SMARTS) is 1. The average Bonchev–Trinajstić information content (AvgIpc) is 2.72. The molecule has 2 aromatic rings. The van der Waals surface area contributed by atoms with Crippen molar-refractivity contribution in [2.24, 2.45) is 0 Å². The molecule has 0 unspecified atom stereocenters. The van der Waals surface area contributed by atoms with E-state index in [-0.39, 0.29) is 12.1 Å². The minimum Gasteiger partial charge on any atom is -0.481 e. The van der Waals surface area contributed by atoms with Crippen LogP contribution >= 0.6 is 0 Å². The van der Waals surface area contributed by atoms with Crippen LogP contribution in [0.2, 0.25) is 0 Å². The molecule has 0 bridgehead atoms. The third kappa shape index (κ3) is 2.32. The Kier molecular flexibility index (Phi) is 3.27. The van der Waals surface area contributed by atoms with Gasteiger partial charge < -0.3 is 9.67 Å². The van der Waals surface area contributed by atoms with Gasteiger partial charge in [0.2, 0.25) is 0 Å². The highest BCUT2D eigenvalue weighted by molar-refractivity contribution is 5.89. The summed E-state index contributed by atoms with van der Waals surface area (Å²) < 4.78 is 1.84. The number of aliphatic carboxylic acids is 1. The van der Waals surface area contributed by atoms with Crippen molar-refractivity contribution in [2.75, 3.05) is 0 Å². The highest BCUT2D eigenvalue weighted by Gasteiger charge is 2.13. The molecule has 6 heteroatoms. The van der Waals surface area contributed by atoms with Crippen LogP contribution in [0.4, 0.5) is 5.69 Å². The lowest BCUT2D eigenvalue weighted by atomic mass is 10.2. The monoisotopic (exact) mass is 248 g/mol. The lowest BCUT2D eigenvalue weighted by molar-refractivity contribution is -0.383. The van der Waals surface area contributed by atoms with Crippen molar-refractivity contribution in [1.82, 2.24) is 4.57 Å². The SMILES string of the molecule is O=C(O)CCCn1ccc2c([N+](=O)[O-])cccc21. The quantitative estimate of drug-likeness (QED) is 0.650. The molecule has 1 N–H and O–H groups in total. The largest absolute Gasteiger partial charge is 0.481 e. The van der Waals surface area contributed by atoms with Crippen LogP contribution in [0.5, 0.6) is 0 Å². The van der Waals surface area contributed by atoms with Gasteiger partial charge in [0.1, 0.15) is 0 Å². The zero-order valence-electron chi connectivity index (χ0n) is 9.57. The summed E-state index contributed by atoms with van der Waals surface area (Å²) in [5.74, 6) is -0.836. The number of nitro benzene ring substituents is 1. The second-order valence-corrected chi connectivity index (χ2v) is 3.97. The van der Waals surface area contributed by atoms with Gasteiger partial charge >= 0.3 is 5.97 Å². The molecule has 1 aromatic carbocycles. The van der Waals surface area contributed by atoms with E-state index in [1.54, 1.807) is 24.4 Å². The van der Waals surface area contributed by atoms with Crippen LogP contribution in [0.1, 0.15) is 12.8 Å². The van der Waals surface area contributed by atoms with Crippen LogP contribution in [0.25, 0.3) is 10.9 Å². The average molecular weight is 248 g/mol. The van der Waals surface area contributed by atoms with Crippen LogP contribution in [-0.2, 0) is 11.3 Å². The van der Waals surface area contributed by atoms with E-state index in [4.69, 9.17) is 5.11 Å². The molecule has 1 aromatic heterocycles. The van der Waals surface area contributed by atoms with Gasteiger partial charge in [-0.15, -0.1) is 0 Å². The molecule has 0 saturated carbocycles. The second kappa shape index (κ2) is 4.87. The summed E-state index contributed by atoms with van der Waals surface area (Å²) in [6, 6.07) is 6.58. The van der Waals surface area contributed by atoms with E-state index in [9.17, 15) is 14.9 Å². The molecule has 94 valence electrons. The summed E-state index contributed by atoms with van der Waals surface area (Å²) in [7, 11) is 0. The van der Waals surface area contributed by atoms with Crippen molar-refractivity contribution in [2.45, 2.75) is 19.4 Å². The number of nitro groups is 1. The maximum atomic E-state index is 10.8. The number of hydrogen-bond donors (Lipinski definition) is 1. The molecule has 0 aliphatic heterocycles. The molecule has 2 rings (SSSR count). The number of nitrogens with zero attached hydrogens (tertiary/aromatic N) is 2. The van der Waals surface area contributed by atoms with E-state index >= 15 is 0 Å². The van der Waals surface area contributed by atoms with Gasteiger partial charge in [-0.3, -0.25) is 14.9 Å². The molecular weight excluding hydrogens is 236 g/mol. The van der Waals surface area contributed by atoms with Crippen molar-refractivity contribution in [3.63, 3.8) is 0 Å². The fraction of sp³-hybridized carbons (Fsp3) is 0.250. The number of carboxylic acids is 1. The zero-order chi connectivity index (χ0) is 13.1. The Bertz CT molecular complexity index is 603. The van der Waals surface area contributed by atoms with Crippen LogP contribution in [-0.4, -0.2) is 20.6 Å². The Hall–Kier alpha value is -2.37. The topological polar surface area (TPSA) is 85.4 Å². The van der Waals surface area contributed by atoms with Gasteiger partial charge in [0.15, 0.2) is 0 Å². The van der Waals surface area contributed by atoms with E-state index in [0.29, 0.717) is 18.4 Å². The van der Waals surface area contributed by atoms with Crippen LogP contribution in [0, 0.1) is 10.1 Å². The number of non-ortho nitro benzene ring substituents is 1. The van der Waals surface area contributed by atoms with Gasteiger partial charge in [0.05, 0.1) is 15.8 Å². The van der Waals surface area contributed by atoms with Gasteiger partial charge in [0.25, 0.3) is 5.69 Å². The highest BCUT2D eigenvalue weighted by atomic mass is 16.6. The van der Waals surface area contributed by atoms with Gasteiger partial charge in [-0.25, -0.2) is 0 Å². The zero-order valence-corrected chi connectivity index (χ0v) is 9.57. The molecule has 0 saturated heterocycles. The predicted molar refractivity (Wildman–Crippen MR) is 65.5 cm³/mol. The molecular formula is C12H12N2O4. The van der Waals surface area contributed by atoms with Crippen molar-refractivity contribution in [1.29, 1.82) is 0 Å². The fourth-order valence-electron chi connectivity index (χ4n) is 1.96. The number of fused-ring (bicyclic) bond motifs is 1. The summed E-state index contributed by atoms with van der Waals surface area (Å²) in [5.41, 5.74) is 0.832. The Morgan fingerprint density at radius 3 is 2.83 bits per heavy atom. The van der Waals surface area contributed by atoms with Crippen molar-refractivity contribution in [3.05, 3.63) is 40.6 Å². The van der Waals surface area contributed by atoms with E-state index in [2.05, 4.69) is 0 Å². The van der Waals surface area contributed by atoms with Crippen molar-refractivity contribution >= 4 is 22.6 Å². The Balaban J connectivity index is 2.28. The summed E-state index contributed by atoms with van der Waals surface area (Å²) in [5, 5.41) is 20.0. The maximum Gasteiger partial charge on any atom is 0.303 e. The first-order valence-electron chi connectivity index (χ1n) is 5.53. The Morgan fingerprint density at radius 2 is 2.17 bits per heavy atom. The predicted octanol–water partition coefficient (Wildman–Crippen LogP) is 2.41. The molecule has 0 aliphatic rings. The minimum absolute atomic E-state index is 0.0736.